The van der Waals surface area contributed by atoms with Crippen molar-refractivity contribution in [3.8, 4) is 0 Å². The van der Waals surface area contributed by atoms with Crippen molar-refractivity contribution in [1.29, 1.82) is 0 Å². The maximum atomic E-state index is 4.91. The van der Waals surface area contributed by atoms with Gasteiger partial charge in [-0.15, -0.1) is 0 Å². The van der Waals surface area contributed by atoms with Crippen molar-refractivity contribution >= 4 is 43.8 Å². The van der Waals surface area contributed by atoms with Gasteiger partial charge in [0.1, 0.15) is 0 Å². The zero-order valence-electron chi connectivity index (χ0n) is 17.4. The Kier molecular flexibility index (Phi) is 7.57. The van der Waals surface area contributed by atoms with Crippen molar-refractivity contribution in [2.24, 2.45) is 0 Å². The number of para-hydroxylation sites is 1. The standard InChI is InChI=1S/C13H8N.3C4H9.Sn/c1-3-7-12-10(5-1)9-11-6-2-4-8-13(11)14-12;3*1-3-4-2;/h1,3-9H;3*1,3-4H2,2H3;. The number of rotatable bonds is 10. The molecule has 0 atom stereocenters. The molecule has 0 bridgehead atoms. The summed E-state index contributed by atoms with van der Waals surface area (Å²) in [6, 6.07) is 18.2. The summed E-state index contributed by atoms with van der Waals surface area (Å²) in [5, 5.41) is 2.61. The Morgan fingerprint density at radius 2 is 1.26 bits per heavy atom. The molecule has 2 aromatic carbocycles. The van der Waals surface area contributed by atoms with Gasteiger partial charge in [0.2, 0.25) is 0 Å². The van der Waals surface area contributed by atoms with Gasteiger partial charge in [-0.1, -0.05) is 0 Å². The van der Waals surface area contributed by atoms with E-state index < -0.39 is 18.4 Å². The monoisotopic (exact) mass is 469 g/mol. The van der Waals surface area contributed by atoms with Crippen LogP contribution in [-0.4, -0.2) is 23.4 Å². The first-order valence-corrected chi connectivity index (χ1v) is 18.5. The molecule has 1 nitrogen and oxygen atoms in total. The molecular formula is C25H35NSn. The summed E-state index contributed by atoms with van der Waals surface area (Å²) >= 11 is -2.36. The average Bonchev–Trinajstić information content (AvgIpc) is 2.71. The molecule has 0 amide bonds. The average molecular weight is 468 g/mol. The Labute approximate surface area is 169 Å². The molecule has 144 valence electrons. The SMILES string of the molecule is CCC[CH2][Sn]([CH2]CCC)([CH2]CCC)[c]1ccc2nc3ccccc3cc2c1. The van der Waals surface area contributed by atoms with Crippen LogP contribution in [0, 0.1) is 0 Å². The Morgan fingerprint density at radius 3 is 1.89 bits per heavy atom. The molecule has 0 saturated heterocycles. The number of benzene rings is 2. The summed E-state index contributed by atoms with van der Waals surface area (Å²) in [6.07, 6.45) is 8.23. The second-order valence-corrected chi connectivity index (χ2v) is 21.4. The fraction of sp³-hybridized carbons (Fsp3) is 0.480. The van der Waals surface area contributed by atoms with Gasteiger partial charge in [0.05, 0.1) is 0 Å². The quantitative estimate of drug-likeness (QED) is 0.223. The third kappa shape index (κ3) is 4.85. The van der Waals surface area contributed by atoms with Gasteiger partial charge in [0.15, 0.2) is 0 Å². The Morgan fingerprint density at radius 1 is 0.667 bits per heavy atom. The molecule has 0 N–H and O–H groups in total. The van der Waals surface area contributed by atoms with Crippen molar-refractivity contribution in [3.63, 3.8) is 0 Å². The van der Waals surface area contributed by atoms with E-state index in [0.717, 1.165) is 11.0 Å². The zero-order chi connectivity index (χ0) is 19.1. The van der Waals surface area contributed by atoms with E-state index in [4.69, 9.17) is 4.98 Å². The molecule has 0 radical (unpaired) electrons. The molecule has 3 aromatic rings. The summed E-state index contributed by atoms with van der Waals surface area (Å²) in [7, 11) is 0. The Balaban J connectivity index is 2.07. The van der Waals surface area contributed by atoms with Gasteiger partial charge in [0, 0.05) is 0 Å². The fourth-order valence-electron chi connectivity index (χ4n) is 4.46. The van der Waals surface area contributed by atoms with E-state index in [1.54, 1.807) is 3.58 Å². The molecule has 2 heteroatoms. The first-order chi connectivity index (χ1) is 13.2. The Bertz CT molecular complexity index is 849. The van der Waals surface area contributed by atoms with Crippen LogP contribution < -0.4 is 3.58 Å². The molecule has 0 aliphatic heterocycles. The summed E-state index contributed by atoms with van der Waals surface area (Å²) in [5.41, 5.74) is 2.26. The van der Waals surface area contributed by atoms with Crippen LogP contribution in [0.3, 0.4) is 0 Å². The second-order valence-electron chi connectivity index (χ2n) is 8.18. The van der Waals surface area contributed by atoms with Gasteiger partial charge < -0.3 is 0 Å². The molecule has 0 saturated carbocycles. The van der Waals surface area contributed by atoms with Crippen LogP contribution in [0.15, 0.2) is 48.5 Å². The van der Waals surface area contributed by atoms with E-state index in [0.29, 0.717) is 0 Å². The summed E-state index contributed by atoms with van der Waals surface area (Å²) < 4.78 is 6.33. The predicted octanol–water partition coefficient (Wildman–Crippen LogP) is 7.44. The van der Waals surface area contributed by atoms with Crippen molar-refractivity contribution < 1.29 is 0 Å². The number of fused-ring (bicyclic) bond motifs is 2. The summed E-state index contributed by atoms with van der Waals surface area (Å²) in [4.78, 5) is 4.91. The van der Waals surface area contributed by atoms with Gasteiger partial charge in [-0.3, -0.25) is 0 Å². The topological polar surface area (TPSA) is 12.9 Å². The van der Waals surface area contributed by atoms with E-state index in [9.17, 15) is 0 Å². The summed E-state index contributed by atoms with van der Waals surface area (Å²) in [6.45, 7) is 7.06. The number of aromatic nitrogens is 1. The maximum absolute atomic E-state index is 4.91. The van der Waals surface area contributed by atoms with Crippen LogP contribution in [-0.2, 0) is 0 Å². The third-order valence-corrected chi connectivity index (χ3v) is 21.8. The van der Waals surface area contributed by atoms with Crippen LogP contribution in [0.2, 0.25) is 13.3 Å². The molecule has 0 spiro atoms. The third-order valence-electron chi connectivity index (χ3n) is 6.16. The fourth-order valence-corrected chi connectivity index (χ4v) is 20.5. The molecule has 0 unspecified atom stereocenters. The van der Waals surface area contributed by atoms with Crippen molar-refractivity contribution in [2.45, 2.75) is 72.6 Å². The van der Waals surface area contributed by atoms with E-state index in [-0.39, 0.29) is 0 Å². The van der Waals surface area contributed by atoms with E-state index in [1.165, 1.54) is 62.6 Å². The van der Waals surface area contributed by atoms with Gasteiger partial charge in [-0.2, -0.15) is 0 Å². The second kappa shape index (κ2) is 9.91. The van der Waals surface area contributed by atoms with Crippen molar-refractivity contribution in [1.82, 2.24) is 4.98 Å². The van der Waals surface area contributed by atoms with Crippen molar-refractivity contribution in [3.05, 3.63) is 48.5 Å². The number of nitrogens with zero attached hydrogens (tertiary/aromatic N) is 1. The molecule has 0 fully saturated rings. The predicted molar refractivity (Wildman–Crippen MR) is 124 cm³/mol. The minimum absolute atomic E-state index is 1.11. The van der Waals surface area contributed by atoms with Crippen LogP contribution >= 0.6 is 0 Å². The van der Waals surface area contributed by atoms with Gasteiger partial charge in [-0.05, 0) is 0 Å². The molecule has 0 aliphatic carbocycles. The van der Waals surface area contributed by atoms with Crippen LogP contribution in [0.5, 0.6) is 0 Å². The van der Waals surface area contributed by atoms with Crippen LogP contribution in [0.4, 0.5) is 0 Å². The van der Waals surface area contributed by atoms with Crippen molar-refractivity contribution in [2.75, 3.05) is 0 Å². The molecular weight excluding hydrogens is 433 g/mol. The van der Waals surface area contributed by atoms with Gasteiger partial charge in [0.25, 0.3) is 0 Å². The van der Waals surface area contributed by atoms with Crippen LogP contribution in [0.1, 0.15) is 59.3 Å². The van der Waals surface area contributed by atoms with Gasteiger partial charge in [-0.25, -0.2) is 0 Å². The summed E-state index contributed by atoms with van der Waals surface area (Å²) in [5.74, 6) is 0. The molecule has 0 aliphatic rings. The zero-order valence-corrected chi connectivity index (χ0v) is 20.3. The normalized spacial score (nSPS) is 12.1. The molecule has 3 rings (SSSR count). The van der Waals surface area contributed by atoms with E-state index in [2.05, 4.69) is 69.3 Å². The number of pyridine rings is 1. The van der Waals surface area contributed by atoms with Crippen LogP contribution in [0.25, 0.3) is 21.8 Å². The molecule has 1 heterocycles. The number of hydrogen-bond acceptors (Lipinski definition) is 1. The van der Waals surface area contributed by atoms with E-state index in [1.807, 2.05) is 0 Å². The Hall–Kier alpha value is -1.09. The molecule has 1 aromatic heterocycles. The number of hydrogen-bond donors (Lipinski definition) is 0. The molecule has 27 heavy (non-hydrogen) atoms. The number of unbranched alkanes of at least 4 members (excludes halogenated alkanes) is 3. The minimum atomic E-state index is -2.36. The van der Waals surface area contributed by atoms with E-state index >= 15 is 0 Å². The first kappa shape index (κ1) is 20.6. The first-order valence-electron chi connectivity index (χ1n) is 11.0. The van der Waals surface area contributed by atoms with Gasteiger partial charge >= 0.3 is 170 Å².